The zero-order chi connectivity index (χ0) is 9.10. The molecule has 13 heavy (non-hydrogen) atoms. The summed E-state index contributed by atoms with van der Waals surface area (Å²) in [5.41, 5.74) is 1.05. The Labute approximate surface area is 76.7 Å². The third-order valence-electron chi connectivity index (χ3n) is 2.12. The first-order chi connectivity index (χ1) is 6.42. The molecular formula is C10H11NO2. The lowest BCUT2D eigenvalue weighted by Gasteiger charge is -2.14. The molecule has 1 aliphatic rings. The lowest BCUT2D eigenvalue weighted by molar-refractivity contribution is 0.156. The van der Waals surface area contributed by atoms with Crippen LogP contribution in [0.3, 0.4) is 0 Å². The van der Waals surface area contributed by atoms with Crippen molar-refractivity contribution < 1.29 is 9.84 Å². The predicted molar refractivity (Wildman–Crippen MR) is 49.6 cm³/mol. The third-order valence-corrected chi connectivity index (χ3v) is 2.12. The van der Waals surface area contributed by atoms with Crippen LogP contribution >= 0.6 is 0 Å². The number of aliphatic hydroxyl groups is 1. The van der Waals surface area contributed by atoms with Crippen molar-refractivity contribution in [2.75, 3.05) is 6.61 Å². The van der Waals surface area contributed by atoms with E-state index in [1.807, 2.05) is 30.3 Å². The minimum absolute atomic E-state index is 0.0239. The van der Waals surface area contributed by atoms with Crippen molar-refractivity contribution in [2.24, 2.45) is 4.99 Å². The smallest absolute Gasteiger partial charge is 0.170 e. The summed E-state index contributed by atoms with van der Waals surface area (Å²) in [7, 11) is 0. The fraction of sp³-hybridized carbons (Fsp3) is 0.300. The Bertz CT molecular complexity index is 297. The van der Waals surface area contributed by atoms with Gasteiger partial charge >= 0.3 is 0 Å². The van der Waals surface area contributed by atoms with Crippen molar-refractivity contribution in [1.29, 1.82) is 0 Å². The number of aliphatic imine (C=N–C) groups is 1. The van der Waals surface area contributed by atoms with Crippen molar-refractivity contribution in [2.45, 2.75) is 12.1 Å². The Balaban J connectivity index is 2.18. The molecule has 0 amide bonds. The van der Waals surface area contributed by atoms with E-state index < -0.39 is 0 Å². The van der Waals surface area contributed by atoms with Gasteiger partial charge < -0.3 is 9.84 Å². The molecule has 68 valence electrons. The SMILES string of the molecule is OCC1N=COC1c1ccccc1. The number of rotatable bonds is 2. The second-order valence-electron chi connectivity index (χ2n) is 2.97. The van der Waals surface area contributed by atoms with Crippen LogP contribution in [0.5, 0.6) is 0 Å². The molecule has 2 unspecified atom stereocenters. The molecule has 0 bridgehead atoms. The number of aliphatic hydroxyl groups excluding tert-OH is 1. The van der Waals surface area contributed by atoms with Crippen molar-refractivity contribution in [3.05, 3.63) is 35.9 Å². The molecule has 0 aromatic heterocycles. The maximum Gasteiger partial charge on any atom is 0.170 e. The molecule has 0 saturated carbocycles. The van der Waals surface area contributed by atoms with Crippen LogP contribution in [-0.2, 0) is 4.74 Å². The molecule has 0 fully saturated rings. The Morgan fingerprint density at radius 1 is 1.31 bits per heavy atom. The third kappa shape index (κ3) is 1.55. The van der Waals surface area contributed by atoms with E-state index in [4.69, 9.17) is 9.84 Å². The van der Waals surface area contributed by atoms with Gasteiger partial charge in [-0.15, -0.1) is 0 Å². The molecule has 1 aromatic carbocycles. The predicted octanol–water partition coefficient (Wildman–Crippen LogP) is 1.15. The highest BCUT2D eigenvalue weighted by Gasteiger charge is 2.26. The minimum Gasteiger partial charge on any atom is -0.473 e. The Morgan fingerprint density at radius 3 is 2.77 bits per heavy atom. The van der Waals surface area contributed by atoms with E-state index in [0.717, 1.165) is 5.56 Å². The Hall–Kier alpha value is -1.35. The maximum atomic E-state index is 9.00. The molecule has 3 heteroatoms. The van der Waals surface area contributed by atoms with Gasteiger partial charge in [0.1, 0.15) is 12.1 Å². The van der Waals surface area contributed by atoms with Gasteiger partial charge in [-0.1, -0.05) is 30.3 Å². The van der Waals surface area contributed by atoms with Crippen molar-refractivity contribution in [3.8, 4) is 0 Å². The molecule has 0 radical (unpaired) electrons. The van der Waals surface area contributed by atoms with E-state index in [-0.39, 0.29) is 18.8 Å². The first kappa shape index (κ1) is 8.26. The van der Waals surface area contributed by atoms with Gasteiger partial charge in [0.05, 0.1) is 6.61 Å². The van der Waals surface area contributed by atoms with E-state index in [1.54, 1.807) is 0 Å². The summed E-state index contributed by atoms with van der Waals surface area (Å²) in [5, 5.41) is 9.00. The van der Waals surface area contributed by atoms with Crippen molar-refractivity contribution in [3.63, 3.8) is 0 Å². The van der Waals surface area contributed by atoms with Gasteiger partial charge in [-0.05, 0) is 5.56 Å². The molecule has 2 atom stereocenters. The van der Waals surface area contributed by atoms with E-state index in [2.05, 4.69) is 4.99 Å². The van der Waals surface area contributed by atoms with Gasteiger partial charge in [0.25, 0.3) is 0 Å². The van der Waals surface area contributed by atoms with Gasteiger partial charge in [0.15, 0.2) is 6.40 Å². The summed E-state index contributed by atoms with van der Waals surface area (Å²) in [6.07, 6.45) is 1.30. The van der Waals surface area contributed by atoms with Crippen molar-refractivity contribution >= 4 is 6.40 Å². The van der Waals surface area contributed by atoms with Crippen LogP contribution in [0.2, 0.25) is 0 Å². The minimum atomic E-state index is -0.151. The molecule has 1 aromatic rings. The molecular weight excluding hydrogens is 166 g/mol. The van der Waals surface area contributed by atoms with Gasteiger partial charge in [-0.2, -0.15) is 0 Å². The lowest BCUT2D eigenvalue weighted by atomic mass is 10.0. The average Bonchev–Trinajstić information content (AvgIpc) is 2.67. The van der Waals surface area contributed by atoms with E-state index in [9.17, 15) is 0 Å². The number of hydrogen-bond donors (Lipinski definition) is 1. The van der Waals surface area contributed by atoms with Crippen LogP contribution in [-0.4, -0.2) is 24.2 Å². The van der Waals surface area contributed by atoms with Crippen LogP contribution in [0.15, 0.2) is 35.3 Å². The highest BCUT2D eigenvalue weighted by Crippen LogP contribution is 2.25. The maximum absolute atomic E-state index is 9.00. The second kappa shape index (κ2) is 3.58. The summed E-state index contributed by atoms with van der Waals surface area (Å²) >= 11 is 0. The zero-order valence-electron chi connectivity index (χ0n) is 7.13. The summed E-state index contributed by atoms with van der Waals surface area (Å²) in [4.78, 5) is 4.01. The van der Waals surface area contributed by atoms with Crippen molar-refractivity contribution in [1.82, 2.24) is 0 Å². The molecule has 1 N–H and O–H groups in total. The van der Waals surface area contributed by atoms with Gasteiger partial charge in [-0.25, -0.2) is 4.99 Å². The summed E-state index contributed by atoms with van der Waals surface area (Å²) in [6.45, 7) is 0.0239. The van der Waals surface area contributed by atoms with Crippen LogP contribution in [0.4, 0.5) is 0 Å². The zero-order valence-corrected chi connectivity index (χ0v) is 7.13. The van der Waals surface area contributed by atoms with E-state index >= 15 is 0 Å². The van der Waals surface area contributed by atoms with E-state index in [1.165, 1.54) is 6.40 Å². The number of nitrogens with zero attached hydrogens (tertiary/aromatic N) is 1. The summed E-state index contributed by atoms with van der Waals surface area (Å²) in [6, 6.07) is 9.65. The van der Waals surface area contributed by atoms with Crippen LogP contribution in [0.1, 0.15) is 11.7 Å². The van der Waals surface area contributed by atoms with Crippen LogP contribution in [0, 0.1) is 0 Å². The van der Waals surface area contributed by atoms with Crippen LogP contribution in [0.25, 0.3) is 0 Å². The summed E-state index contributed by atoms with van der Waals surface area (Å²) < 4.78 is 5.29. The molecule has 1 aliphatic heterocycles. The highest BCUT2D eigenvalue weighted by atomic mass is 16.5. The van der Waals surface area contributed by atoms with Gasteiger partial charge in [0.2, 0.25) is 0 Å². The highest BCUT2D eigenvalue weighted by molar-refractivity contribution is 5.51. The summed E-state index contributed by atoms with van der Waals surface area (Å²) in [5.74, 6) is 0. The Morgan fingerprint density at radius 2 is 2.08 bits per heavy atom. The molecule has 0 aliphatic carbocycles. The molecule has 0 saturated heterocycles. The largest absolute Gasteiger partial charge is 0.473 e. The first-order valence-corrected chi connectivity index (χ1v) is 4.24. The molecule has 1 heterocycles. The molecule has 3 nitrogen and oxygen atoms in total. The fourth-order valence-electron chi connectivity index (χ4n) is 1.43. The topological polar surface area (TPSA) is 41.8 Å². The Kier molecular flexibility index (Phi) is 2.27. The standard InChI is InChI=1S/C10H11NO2/c12-6-9-10(13-7-11-9)8-4-2-1-3-5-8/h1-5,7,9-10,12H,6H2. The lowest BCUT2D eigenvalue weighted by Crippen LogP contribution is -2.17. The van der Waals surface area contributed by atoms with E-state index in [0.29, 0.717) is 0 Å². The second-order valence-corrected chi connectivity index (χ2v) is 2.97. The first-order valence-electron chi connectivity index (χ1n) is 4.24. The fourth-order valence-corrected chi connectivity index (χ4v) is 1.43. The molecule has 2 rings (SSSR count). The molecule has 0 spiro atoms. The number of hydrogen-bond acceptors (Lipinski definition) is 3. The average molecular weight is 177 g/mol. The normalized spacial score (nSPS) is 25.9. The number of ether oxygens (including phenoxy) is 1. The quantitative estimate of drug-likeness (QED) is 0.736. The number of benzene rings is 1. The monoisotopic (exact) mass is 177 g/mol. The van der Waals surface area contributed by atoms with Gasteiger partial charge in [0, 0.05) is 0 Å². The van der Waals surface area contributed by atoms with Gasteiger partial charge in [-0.3, -0.25) is 0 Å². The van der Waals surface area contributed by atoms with Crippen LogP contribution < -0.4 is 0 Å².